The van der Waals surface area contributed by atoms with E-state index in [-0.39, 0.29) is 23.8 Å². The van der Waals surface area contributed by atoms with Gasteiger partial charge in [0.2, 0.25) is 11.8 Å². The smallest absolute Gasteiger partial charge is 0.240 e. The second-order valence-electron chi connectivity index (χ2n) is 8.19. The molecule has 0 aliphatic heterocycles. The summed E-state index contributed by atoms with van der Waals surface area (Å²) in [6, 6.07) is 9.56. The van der Waals surface area contributed by atoms with Crippen LogP contribution in [0.1, 0.15) is 71.3 Å². The molecule has 4 N–H and O–H groups in total. The van der Waals surface area contributed by atoms with E-state index >= 15 is 0 Å². The number of carbonyl (C=O) groups is 2. The molecule has 1 saturated carbocycles. The zero-order valence-corrected chi connectivity index (χ0v) is 18.2. The molecule has 160 valence electrons. The lowest BCUT2D eigenvalue weighted by atomic mass is 9.85. The third-order valence-corrected chi connectivity index (χ3v) is 5.89. The zero-order valence-electron chi connectivity index (χ0n) is 18.2. The molecule has 1 aromatic rings. The molecule has 0 saturated heterocycles. The first kappa shape index (κ1) is 23.0. The molecule has 29 heavy (non-hydrogen) atoms. The van der Waals surface area contributed by atoms with E-state index in [1.54, 1.807) is 0 Å². The molecule has 5 nitrogen and oxygen atoms in total. The van der Waals surface area contributed by atoms with Crippen LogP contribution in [-0.4, -0.2) is 23.9 Å². The van der Waals surface area contributed by atoms with Crippen LogP contribution in [0.15, 0.2) is 41.6 Å². The third kappa shape index (κ3) is 6.91. The lowest BCUT2D eigenvalue weighted by Gasteiger charge is -2.34. The van der Waals surface area contributed by atoms with Crippen molar-refractivity contribution in [3.05, 3.63) is 47.2 Å². The SMILES string of the molecule is CCCCC(=O)NC(Cc1ccccc1)C(N[C@H](C(N)=O)[C@@H](C)CC)=C1CCC1. The molecule has 2 rings (SSSR count). The summed E-state index contributed by atoms with van der Waals surface area (Å²) in [5.74, 6) is -0.157. The fourth-order valence-corrected chi connectivity index (χ4v) is 3.65. The summed E-state index contributed by atoms with van der Waals surface area (Å²) in [4.78, 5) is 24.8. The van der Waals surface area contributed by atoms with Crippen LogP contribution in [0.4, 0.5) is 0 Å². The number of hydrogen-bond acceptors (Lipinski definition) is 3. The van der Waals surface area contributed by atoms with Gasteiger partial charge in [0.05, 0.1) is 6.04 Å². The van der Waals surface area contributed by atoms with Gasteiger partial charge in [-0.3, -0.25) is 9.59 Å². The average Bonchev–Trinajstić information content (AvgIpc) is 2.67. The van der Waals surface area contributed by atoms with Crippen LogP contribution in [0.3, 0.4) is 0 Å². The Morgan fingerprint density at radius 1 is 1.10 bits per heavy atom. The molecule has 1 fully saturated rings. The quantitative estimate of drug-likeness (QED) is 0.499. The minimum atomic E-state index is -0.436. The van der Waals surface area contributed by atoms with Gasteiger partial charge in [0.25, 0.3) is 0 Å². The van der Waals surface area contributed by atoms with Gasteiger partial charge in [0, 0.05) is 12.1 Å². The number of nitrogens with one attached hydrogen (secondary N) is 2. The van der Waals surface area contributed by atoms with Crippen molar-refractivity contribution in [2.45, 2.75) is 84.2 Å². The van der Waals surface area contributed by atoms with E-state index < -0.39 is 6.04 Å². The predicted molar refractivity (Wildman–Crippen MR) is 118 cm³/mol. The summed E-state index contributed by atoms with van der Waals surface area (Å²) < 4.78 is 0. The lowest BCUT2D eigenvalue weighted by Crippen LogP contribution is -2.51. The van der Waals surface area contributed by atoms with Gasteiger partial charge in [-0.2, -0.15) is 0 Å². The fraction of sp³-hybridized carbons (Fsp3) is 0.583. The summed E-state index contributed by atoms with van der Waals surface area (Å²) in [5, 5.41) is 6.72. The normalized spacial score (nSPS) is 16.3. The van der Waals surface area contributed by atoms with Crippen molar-refractivity contribution in [3.8, 4) is 0 Å². The number of primary amides is 1. The Morgan fingerprint density at radius 3 is 2.31 bits per heavy atom. The van der Waals surface area contributed by atoms with E-state index in [2.05, 4.69) is 36.6 Å². The fourth-order valence-electron chi connectivity index (χ4n) is 3.65. The van der Waals surface area contributed by atoms with Crippen LogP contribution in [0.2, 0.25) is 0 Å². The highest BCUT2D eigenvalue weighted by Crippen LogP contribution is 2.30. The maximum atomic E-state index is 12.6. The third-order valence-electron chi connectivity index (χ3n) is 5.89. The Hall–Kier alpha value is -2.30. The molecule has 0 spiro atoms. The van der Waals surface area contributed by atoms with Crippen molar-refractivity contribution in [3.63, 3.8) is 0 Å². The molecule has 0 bridgehead atoms. The van der Waals surface area contributed by atoms with Crippen molar-refractivity contribution < 1.29 is 9.59 Å². The van der Waals surface area contributed by atoms with Gasteiger partial charge in [-0.05, 0) is 49.2 Å². The second kappa shape index (κ2) is 11.6. The maximum Gasteiger partial charge on any atom is 0.240 e. The van der Waals surface area contributed by atoms with Crippen LogP contribution in [0.5, 0.6) is 0 Å². The van der Waals surface area contributed by atoms with Crippen LogP contribution in [0.25, 0.3) is 0 Å². The first-order valence-corrected chi connectivity index (χ1v) is 11.1. The van der Waals surface area contributed by atoms with Crippen molar-refractivity contribution in [1.29, 1.82) is 0 Å². The number of rotatable bonds is 12. The van der Waals surface area contributed by atoms with Gasteiger partial charge >= 0.3 is 0 Å². The summed E-state index contributed by atoms with van der Waals surface area (Å²) in [6.45, 7) is 6.19. The van der Waals surface area contributed by atoms with E-state index in [4.69, 9.17) is 5.73 Å². The number of nitrogens with two attached hydrogens (primary N) is 1. The molecule has 1 aromatic carbocycles. The van der Waals surface area contributed by atoms with Gasteiger partial charge < -0.3 is 16.4 Å². The van der Waals surface area contributed by atoms with Crippen LogP contribution < -0.4 is 16.4 Å². The van der Waals surface area contributed by atoms with Crippen molar-refractivity contribution in [2.75, 3.05) is 0 Å². The topological polar surface area (TPSA) is 84.2 Å². The molecule has 1 aliphatic carbocycles. The first-order valence-electron chi connectivity index (χ1n) is 11.1. The molecule has 2 amide bonds. The highest BCUT2D eigenvalue weighted by Gasteiger charge is 2.29. The highest BCUT2D eigenvalue weighted by molar-refractivity contribution is 5.80. The van der Waals surface area contributed by atoms with E-state index in [1.807, 2.05) is 25.1 Å². The minimum Gasteiger partial charge on any atom is -0.375 e. The first-order chi connectivity index (χ1) is 14.0. The van der Waals surface area contributed by atoms with Crippen molar-refractivity contribution in [2.24, 2.45) is 11.7 Å². The molecule has 1 unspecified atom stereocenters. The number of unbranched alkanes of at least 4 members (excludes halogenated alkanes) is 1. The molecule has 0 aromatic heterocycles. The number of carbonyl (C=O) groups excluding carboxylic acids is 2. The Labute approximate surface area is 175 Å². The molecule has 5 heteroatoms. The van der Waals surface area contributed by atoms with Crippen molar-refractivity contribution in [1.82, 2.24) is 10.6 Å². The van der Waals surface area contributed by atoms with E-state index in [0.29, 0.717) is 12.8 Å². The zero-order chi connectivity index (χ0) is 21.2. The second-order valence-corrected chi connectivity index (χ2v) is 8.19. The van der Waals surface area contributed by atoms with Gasteiger partial charge in [0.1, 0.15) is 6.04 Å². The van der Waals surface area contributed by atoms with Crippen molar-refractivity contribution >= 4 is 11.8 Å². The van der Waals surface area contributed by atoms with Crippen LogP contribution >= 0.6 is 0 Å². The van der Waals surface area contributed by atoms with Gasteiger partial charge in [-0.25, -0.2) is 0 Å². The highest BCUT2D eigenvalue weighted by atomic mass is 16.2. The number of allylic oxidation sites excluding steroid dienone is 1. The van der Waals surface area contributed by atoms with E-state index in [9.17, 15) is 9.59 Å². The summed E-state index contributed by atoms with van der Waals surface area (Å²) >= 11 is 0. The molecule has 1 aliphatic rings. The Balaban J connectivity index is 2.30. The summed E-state index contributed by atoms with van der Waals surface area (Å²) in [5.41, 5.74) is 9.18. The molecule has 0 radical (unpaired) electrons. The van der Waals surface area contributed by atoms with Crippen LogP contribution in [-0.2, 0) is 16.0 Å². The largest absolute Gasteiger partial charge is 0.375 e. The Bertz CT molecular complexity index is 693. The van der Waals surface area contributed by atoms with Gasteiger partial charge in [-0.1, -0.05) is 63.9 Å². The van der Waals surface area contributed by atoms with Gasteiger partial charge in [0.15, 0.2) is 0 Å². The molecule has 0 heterocycles. The van der Waals surface area contributed by atoms with E-state index in [1.165, 1.54) is 5.57 Å². The Morgan fingerprint density at radius 2 is 1.79 bits per heavy atom. The Kier molecular flexibility index (Phi) is 9.23. The standard InChI is InChI=1S/C24H37N3O2/c1-4-6-15-21(28)26-20(16-18-11-8-7-9-12-18)23(19-13-10-14-19)27-22(24(25)29)17(3)5-2/h7-9,11-12,17,20,22,27H,4-6,10,13-16H2,1-3H3,(H2,25,29)(H,26,28)/t17-,20?,22-/m0/s1. The number of amides is 2. The van der Waals surface area contributed by atoms with E-state index in [0.717, 1.165) is 49.8 Å². The number of benzene rings is 1. The predicted octanol–water partition coefficient (Wildman–Crippen LogP) is 3.83. The molecule has 3 atom stereocenters. The summed E-state index contributed by atoms with van der Waals surface area (Å²) in [7, 11) is 0. The average molecular weight is 400 g/mol. The minimum absolute atomic E-state index is 0.0613. The molecular formula is C24H37N3O2. The van der Waals surface area contributed by atoms with Crippen LogP contribution in [0, 0.1) is 5.92 Å². The lowest BCUT2D eigenvalue weighted by molar-refractivity contribution is -0.121. The van der Waals surface area contributed by atoms with Gasteiger partial charge in [-0.15, -0.1) is 0 Å². The monoisotopic (exact) mass is 399 g/mol. The molecular weight excluding hydrogens is 362 g/mol. The maximum absolute atomic E-state index is 12.6. The summed E-state index contributed by atoms with van der Waals surface area (Å²) in [6.07, 6.45) is 7.09. The number of hydrogen-bond donors (Lipinski definition) is 3.